The van der Waals surface area contributed by atoms with Gasteiger partial charge in [0.2, 0.25) is 0 Å². The van der Waals surface area contributed by atoms with Crippen molar-refractivity contribution in [2.75, 3.05) is 5.32 Å². The van der Waals surface area contributed by atoms with Gasteiger partial charge in [-0.2, -0.15) is 13.2 Å². The Morgan fingerprint density at radius 3 is 2.54 bits per heavy atom. The summed E-state index contributed by atoms with van der Waals surface area (Å²) < 4.78 is 45.2. The van der Waals surface area contributed by atoms with Gasteiger partial charge in [-0.1, -0.05) is 30.7 Å². The highest BCUT2D eigenvalue weighted by Gasteiger charge is 2.34. The molecule has 0 fully saturated rings. The molecule has 3 nitrogen and oxygen atoms in total. The van der Waals surface area contributed by atoms with Crippen molar-refractivity contribution in [3.05, 3.63) is 58.1 Å². The van der Waals surface area contributed by atoms with Crippen molar-refractivity contribution in [2.45, 2.75) is 39.5 Å². The van der Waals surface area contributed by atoms with Gasteiger partial charge in [0.15, 0.2) is 6.10 Å². The fraction of sp³-hybridized carbons (Fsp3) is 0.316. The predicted molar refractivity (Wildman–Crippen MR) is 95.7 cm³/mol. The highest BCUT2D eigenvalue weighted by molar-refractivity contribution is 6.30. The average Bonchev–Trinajstić information content (AvgIpc) is 2.56. The zero-order valence-electron chi connectivity index (χ0n) is 14.6. The van der Waals surface area contributed by atoms with Crippen molar-refractivity contribution in [1.82, 2.24) is 0 Å². The number of amides is 1. The molecule has 1 N–H and O–H groups in total. The van der Waals surface area contributed by atoms with E-state index in [0.717, 1.165) is 23.3 Å². The Labute approximate surface area is 155 Å². The minimum atomic E-state index is -4.64. The van der Waals surface area contributed by atoms with Gasteiger partial charge < -0.3 is 10.1 Å². The number of rotatable bonds is 5. The monoisotopic (exact) mass is 385 g/mol. The minimum absolute atomic E-state index is 0.0611. The molecular weight excluding hydrogens is 367 g/mol. The molecule has 0 aliphatic rings. The van der Waals surface area contributed by atoms with Gasteiger partial charge in [0.1, 0.15) is 5.75 Å². The summed E-state index contributed by atoms with van der Waals surface area (Å²) >= 11 is 5.65. The third kappa shape index (κ3) is 4.69. The van der Waals surface area contributed by atoms with E-state index in [1.807, 2.05) is 19.9 Å². The van der Waals surface area contributed by atoms with Crippen LogP contribution in [-0.2, 0) is 11.0 Å². The number of halogens is 4. The maximum Gasteiger partial charge on any atom is 0.418 e. The molecule has 0 radical (unpaired) electrons. The molecule has 0 heterocycles. The maximum atomic E-state index is 13.2. The zero-order valence-corrected chi connectivity index (χ0v) is 15.3. The second-order valence-corrected chi connectivity index (χ2v) is 6.33. The molecule has 0 unspecified atom stereocenters. The van der Waals surface area contributed by atoms with E-state index in [1.165, 1.54) is 6.07 Å². The van der Waals surface area contributed by atoms with E-state index in [0.29, 0.717) is 12.2 Å². The molecule has 7 heteroatoms. The summed E-state index contributed by atoms with van der Waals surface area (Å²) in [7, 11) is 0. The van der Waals surface area contributed by atoms with Crippen LogP contribution in [0.2, 0.25) is 5.02 Å². The van der Waals surface area contributed by atoms with E-state index in [-0.39, 0.29) is 10.7 Å². The second kappa shape index (κ2) is 7.99. The second-order valence-electron chi connectivity index (χ2n) is 5.89. The SMILES string of the molecule is CC[C@@H](Oc1cccc(C)c1C)C(=O)Nc1ccc(Cl)cc1C(F)(F)F. The molecule has 0 bridgehead atoms. The number of anilines is 1. The first kappa shape index (κ1) is 20.1. The molecule has 0 saturated carbocycles. The van der Waals surface area contributed by atoms with Gasteiger partial charge in [-0.05, 0) is 55.7 Å². The average molecular weight is 386 g/mol. The number of alkyl halides is 3. The van der Waals surface area contributed by atoms with Gasteiger partial charge in [0.25, 0.3) is 5.91 Å². The van der Waals surface area contributed by atoms with Crippen molar-refractivity contribution >= 4 is 23.2 Å². The fourth-order valence-electron chi connectivity index (χ4n) is 2.40. The first-order valence-electron chi connectivity index (χ1n) is 8.04. The number of carbonyl (C=O) groups excluding carboxylic acids is 1. The van der Waals surface area contributed by atoms with Gasteiger partial charge in [0, 0.05) is 5.02 Å². The Morgan fingerprint density at radius 2 is 1.92 bits per heavy atom. The lowest BCUT2D eigenvalue weighted by Crippen LogP contribution is -2.33. The van der Waals surface area contributed by atoms with Crippen LogP contribution in [0, 0.1) is 13.8 Å². The van der Waals surface area contributed by atoms with Crippen LogP contribution in [0.4, 0.5) is 18.9 Å². The smallest absolute Gasteiger partial charge is 0.418 e. The third-order valence-corrected chi connectivity index (χ3v) is 4.27. The van der Waals surface area contributed by atoms with Crippen LogP contribution >= 0.6 is 11.6 Å². The minimum Gasteiger partial charge on any atom is -0.480 e. The number of nitrogens with one attached hydrogen (secondary N) is 1. The molecular formula is C19H19ClF3NO2. The summed E-state index contributed by atoms with van der Waals surface area (Å²) in [5.74, 6) is -0.125. The summed E-state index contributed by atoms with van der Waals surface area (Å²) in [6.45, 7) is 5.49. The number of aryl methyl sites for hydroxylation is 1. The van der Waals surface area contributed by atoms with E-state index in [2.05, 4.69) is 5.32 Å². The Balaban J connectivity index is 2.24. The quantitative estimate of drug-likeness (QED) is 0.709. The first-order valence-corrected chi connectivity index (χ1v) is 8.41. The number of hydrogen-bond acceptors (Lipinski definition) is 2. The number of hydrogen-bond donors (Lipinski definition) is 1. The standard InChI is InChI=1S/C19H19ClF3NO2/c1-4-16(26-17-7-5-6-11(2)12(17)3)18(25)24-15-9-8-13(20)10-14(15)19(21,22)23/h5-10,16H,4H2,1-3H3,(H,24,25)/t16-/m1/s1. The third-order valence-electron chi connectivity index (χ3n) is 4.03. The van der Waals surface area contributed by atoms with Gasteiger partial charge in [-0.3, -0.25) is 4.79 Å². The maximum absolute atomic E-state index is 13.2. The molecule has 2 aromatic rings. The van der Waals surface area contributed by atoms with Gasteiger partial charge >= 0.3 is 6.18 Å². The lowest BCUT2D eigenvalue weighted by molar-refractivity contribution is -0.137. The molecule has 0 aliphatic heterocycles. The molecule has 0 spiro atoms. The van der Waals surface area contributed by atoms with Crippen LogP contribution in [0.15, 0.2) is 36.4 Å². The molecule has 0 aromatic heterocycles. The Bertz CT molecular complexity index is 806. The zero-order chi connectivity index (χ0) is 19.5. The summed E-state index contributed by atoms with van der Waals surface area (Å²) in [5, 5.41) is 2.25. The van der Waals surface area contributed by atoms with Crippen LogP contribution in [0.1, 0.15) is 30.0 Å². The topological polar surface area (TPSA) is 38.3 Å². The Kier molecular flexibility index (Phi) is 6.18. The molecule has 26 heavy (non-hydrogen) atoms. The number of benzene rings is 2. The molecule has 2 rings (SSSR count). The predicted octanol–water partition coefficient (Wildman–Crippen LogP) is 5.77. The van der Waals surface area contributed by atoms with E-state index >= 15 is 0 Å². The lowest BCUT2D eigenvalue weighted by atomic mass is 10.1. The molecule has 0 aliphatic carbocycles. The van der Waals surface area contributed by atoms with Crippen molar-refractivity contribution in [3.8, 4) is 5.75 Å². The van der Waals surface area contributed by atoms with E-state index < -0.39 is 23.8 Å². The molecule has 1 atom stereocenters. The lowest BCUT2D eigenvalue weighted by Gasteiger charge is -2.21. The highest BCUT2D eigenvalue weighted by atomic mass is 35.5. The van der Waals surface area contributed by atoms with E-state index in [1.54, 1.807) is 19.1 Å². The van der Waals surface area contributed by atoms with E-state index in [4.69, 9.17) is 16.3 Å². The summed E-state index contributed by atoms with van der Waals surface area (Å²) in [4.78, 5) is 12.5. The summed E-state index contributed by atoms with van der Waals surface area (Å²) in [6.07, 6.45) is -5.26. The molecule has 2 aromatic carbocycles. The van der Waals surface area contributed by atoms with Crippen molar-refractivity contribution in [1.29, 1.82) is 0 Å². The molecule has 0 saturated heterocycles. The summed E-state index contributed by atoms with van der Waals surface area (Å²) in [6, 6.07) is 8.63. The largest absolute Gasteiger partial charge is 0.480 e. The number of carbonyl (C=O) groups is 1. The molecule has 1 amide bonds. The summed E-state index contributed by atoms with van der Waals surface area (Å²) in [5.41, 5.74) is 0.519. The van der Waals surface area contributed by atoms with Crippen molar-refractivity contribution < 1.29 is 22.7 Å². The van der Waals surface area contributed by atoms with Crippen LogP contribution < -0.4 is 10.1 Å². The van der Waals surface area contributed by atoms with Gasteiger partial charge in [-0.25, -0.2) is 0 Å². The fourth-order valence-corrected chi connectivity index (χ4v) is 2.57. The van der Waals surface area contributed by atoms with Crippen molar-refractivity contribution in [2.24, 2.45) is 0 Å². The Morgan fingerprint density at radius 1 is 1.23 bits per heavy atom. The van der Waals surface area contributed by atoms with Crippen LogP contribution in [0.5, 0.6) is 5.75 Å². The normalized spacial score (nSPS) is 12.6. The van der Waals surface area contributed by atoms with Crippen LogP contribution in [-0.4, -0.2) is 12.0 Å². The van der Waals surface area contributed by atoms with E-state index in [9.17, 15) is 18.0 Å². The van der Waals surface area contributed by atoms with Crippen LogP contribution in [0.3, 0.4) is 0 Å². The highest BCUT2D eigenvalue weighted by Crippen LogP contribution is 2.36. The number of ether oxygens (including phenoxy) is 1. The molecule has 140 valence electrons. The van der Waals surface area contributed by atoms with Gasteiger partial charge in [-0.15, -0.1) is 0 Å². The first-order chi connectivity index (χ1) is 12.1. The van der Waals surface area contributed by atoms with Crippen LogP contribution in [0.25, 0.3) is 0 Å². The Hall–Kier alpha value is -2.21. The van der Waals surface area contributed by atoms with Gasteiger partial charge in [0.05, 0.1) is 11.3 Å². The van der Waals surface area contributed by atoms with Crippen molar-refractivity contribution in [3.63, 3.8) is 0 Å².